The van der Waals surface area contributed by atoms with Crippen molar-refractivity contribution >= 4 is 32.6 Å². The summed E-state index contributed by atoms with van der Waals surface area (Å²) in [5, 5.41) is 0.629. The fourth-order valence-electron chi connectivity index (χ4n) is 3.31. The number of benzene rings is 3. The summed E-state index contributed by atoms with van der Waals surface area (Å²) in [6, 6.07) is 20.8. The van der Waals surface area contributed by atoms with Crippen LogP contribution in [0.25, 0.3) is 10.2 Å². The summed E-state index contributed by atoms with van der Waals surface area (Å²) < 4.78 is 17.1. The lowest BCUT2D eigenvalue weighted by atomic mass is 10.1. The van der Waals surface area contributed by atoms with Gasteiger partial charge in [0.1, 0.15) is 5.75 Å². The van der Waals surface area contributed by atoms with Gasteiger partial charge in [-0.25, -0.2) is 4.98 Å². The molecule has 0 radical (unpaired) electrons. The summed E-state index contributed by atoms with van der Waals surface area (Å²) in [5.74, 6) is 1.83. The molecule has 150 valence electrons. The van der Waals surface area contributed by atoms with Crippen LogP contribution in [0.2, 0.25) is 0 Å². The molecule has 3 aromatic carbocycles. The molecule has 1 aromatic heterocycles. The van der Waals surface area contributed by atoms with Gasteiger partial charge in [-0.05, 0) is 42.0 Å². The van der Waals surface area contributed by atoms with Gasteiger partial charge in [0.15, 0.2) is 16.6 Å². The first kappa shape index (κ1) is 18.4. The minimum atomic E-state index is -0.150. The standard InChI is InChI=1S/C23H18N2O4S/c1-27-17-8-9-18-21(12-17)30-23(24-18)25(13-15-5-3-2-4-6-15)22(26)16-7-10-19-20(11-16)29-14-28-19/h2-12H,13-14H2,1H3. The maximum Gasteiger partial charge on any atom is 0.260 e. The number of aromatic nitrogens is 1. The van der Waals surface area contributed by atoms with Crippen LogP contribution in [0.4, 0.5) is 5.13 Å². The molecule has 2 heterocycles. The topological polar surface area (TPSA) is 60.9 Å². The zero-order valence-electron chi connectivity index (χ0n) is 16.2. The molecule has 5 rings (SSSR count). The Balaban J connectivity index is 1.55. The van der Waals surface area contributed by atoms with Crippen molar-refractivity contribution in [3.05, 3.63) is 77.9 Å². The van der Waals surface area contributed by atoms with Crippen LogP contribution in [0.1, 0.15) is 15.9 Å². The highest BCUT2D eigenvalue weighted by Crippen LogP contribution is 2.35. The predicted octanol–water partition coefficient (Wildman–Crippen LogP) is 4.88. The summed E-state index contributed by atoms with van der Waals surface area (Å²) in [5.41, 5.74) is 2.36. The molecule has 4 aromatic rings. The monoisotopic (exact) mass is 418 g/mol. The first-order valence-corrected chi connectivity index (χ1v) is 10.2. The third-order valence-electron chi connectivity index (χ3n) is 4.86. The summed E-state index contributed by atoms with van der Waals surface area (Å²) in [6.45, 7) is 0.575. The number of rotatable bonds is 5. The van der Waals surface area contributed by atoms with Gasteiger partial charge < -0.3 is 14.2 Å². The first-order chi connectivity index (χ1) is 14.7. The van der Waals surface area contributed by atoms with Crippen molar-refractivity contribution < 1.29 is 19.0 Å². The zero-order chi connectivity index (χ0) is 20.5. The molecule has 30 heavy (non-hydrogen) atoms. The molecule has 1 aliphatic heterocycles. The van der Waals surface area contributed by atoms with E-state index in [1.54, 1.807) is 30.2 Å². The van der Waals surface area contributed by atoms with Gasteiger partial charge in [0.25, 0.3) is 5.91 Å². The van der Waals surface area contributed by atoms with E-state index in [2.05, 4.69) is 0 Å². The van der Waals surface area contributed by atoms with Crippen molar-refractivity contribution in [3.8, 4) is 17.2 Å². The maximum absolute atomic E-state index is 13.5. The van der Waals surface area contributed by atoms with Gasteiger partial charge in [0, 0.05) is 5.56 Å². The number of nitrogens with zero attached hydrogens (tertiary/aromatic N) is 2. The molecule has 0 saturated carbocycles. The second kappa shape index (κ2) is 7.68. The molecule has 0 aliphatic carbocycles. The van der Waals surface area contributed by atoms with Crippen LogP contribution in [-0.2, 0) is 6.54 Å². The number of carbonyl (C=O) groups excluding carboxylic acids is 1. The Morgan fingerprint density at radius 2 is 1.90 bits per heavy atom. The van der Waals surface area contributed by atoms with Crippen LogP contribution in [0.15, 0.2) is 66.7 Å². The normalized spacial score (nSPS) is 12.2. The fourth-order valence-corrected chi connectivity index (χ4v) is 4.30. The van der Waals surface area contributed by atoms with Gasteiger partial charge >= 0.3 is 0 Å². The Hall–Kier alpha value is -3.58. The Kier molecular flexibility index (Phi) is 4.72. The van der Waals surface area contributed by atoms with Gasteiger partial charge in [-0.1, -0.05) is 41.7 Å². The third kappa shape index (κ3) is 3.44. The van der Waals surface area contributed by atoms with Crippen molar-refractivity contribution in [1.29, 1.82) is 0 Å². The minimum Gasteiger partial charge on any atom is -0.497 e. The van der Waals surface area contributed by atoms with E-state index in [0.29, 0.717) is 28.7 Å². The van der Waals surface area contributed by atoms with E-state index in [0.717, 1.165) is 21.5 Å². The van der Waals surface area contributed by atoms with E-state index >= 15 is 0 Å². The van der Waals surface area contributed by atoms with Crippen LogP contribution < -0.4 is 19.1 Å². The summed E-state index contributed by atoms with van der Waals surface area (Å²) >= 11 is 1.46. The highest BCUT2D eigenvalue weighted by atomic mass is 32.1. The van der Waals surface area contributed by atoms with Crippen molar-refractivity contribution in [1.82, 2.24) is 4.98 Å². The molecular weight excluding hydrogens is 400 g/mol. The second-order valence-electron chi connectivity index (χ2n) is 6.78. The number of methoxy groups -OCH3 is 1. The Bertz CT molecular complexity index is 1220. The number of fused-ring (bicyclic) bond motifs is 2. The summed E-state index contributed by atoms with van der Waals surface area (Å²) in [7, 11) is 1.63. The van der Waals surface area contributed by atoms with E-state index in [1.807, 2.05) is 48.5 Å². The lowest BCUT2D eigenvalue weighted by molar-refractivity contribution is 0.0984. The molecule has 0 saturated heterocycles. The molecule has 6 nitrogen and oxygen atoms in total. The van der Waals surface area contributed by atoms with Crippen LogP contribution in [0, 0.1) is 0 Å². The largest absolute Gasteiger partial charge is 0.497 e. The van der Waals surface area contributed by atoms with Crippen LogP contribution in [0.3, 0.4) is 0 Å². The SMILES string of the molecule is COc1ccc2nc(N(Cc3ccccc3)C(=O)c3ccc4c(c3)OCO4)sc2c1. The van der Waals surface area contributed by atoms with Crippen LogP contribution >= 0.6 is 11.3 Å². The molecule has 0 bridgehead atoms. The number of thiazole rings is 1. The van der Waals surface area contributed by atoms with E-state index in [9.17, 15) is 4.79 Å². The van der Waals surface area contributed by atoms with E-state index < -0.39 is 0 Å². The molecule has 0 unspecified atom stereocenters. The van der Waals surface area contributed by atoms with E-state index in [4.69, 9.17) is 19.2 Å². The lowest BCUT2D eigenvalue weighted by Crippen LogP contribution is -2.30. The molecule has 1 aliphatic rings. The first-order valence-electron chi connectivity index (χ1n) is 9.41. The third-order valence-corrected chi connectivity index (χ3v) is 5.90. The van der Waals surface area contributed by atoms with Gasteiger partial charge in [-0.15, -0.1) is 0 Å². The summed E-state index contributed by atoms with van der Waals surface area (Å²) in [4.78, 5) is 19.9. The number of carbonyl (C=O) groups is 1. The Morgan fingerprint density at radius 1 is 1.07 bits per heavy atom. The van der Waals surface area contributed by atoms with Gasteiger partial charge in [0.05, 0.1) is 23.9 Å². The van der Waals surface area contributed by atoms with E-state index in [1.165, 1.54) is 11.3 Å². The smallest absolute Gasteiger partial charge is 0.260 e. The fraction of sp³-hybridized carbons (Fsp3) is 0.130. The second-order valence-corrected chi connectivity index (χ2v) is 7.78. The highest BCUT2D eigenvalue weighted by molar-refractivity contribution is 7.22. The molecule has 0 atom stereocenters. The van der Waals surface area contributed by atoms with Gasteiger partial charge in [-0.3, -0.25) is 9.69 Å². The quantitative estimate of drug-likeness (QED) is 0.462. The average molecular weight is 418 g/mol. The molecule has 0 N–H and O–H groups in total. The van der Waals surface area contributed by atoms with Gasteiger partial charge in [0.2, 0.25) is 6.79 Å². The molecular formula is C23H18N2O4S. The zero-order valence-corrected chi connectivity index (χ0v) is 17.0. The predicted molar refractivity (Wildman–Crippen MR) is 116 cm³/mol. The molecule has 7 heteroatoms. The number of hydrogen-bond acceptors (Lipinski definition) is 6. The number of amides is 1. The maximum atomic E-state index is 13.5. The van der Waals surface area contributed by atoms with E-state index in [-0.39, 0.29) is 12.7 Å². The van der Waals surface area contributed by atoms with Crippen molar-refractivity contribution in [3.63, 3.8) is 0 Å². The Labute approximate surface area is 177 Å². The Morgan fingerprint density at radius 3 is 2.73 bits per heavy atom. The number of ether oxygens (including phenoxy) is 3. The van der Waals surface area contributed by atoms with Gasteiger partial charge in [-0.2, -0.15) is 0 Å². The molecule has 0 spiro atoms. The van der Waals surface area contributed by atoms with Crippen molar-refractivity contribution in [2.45, 2.75) is 6.54 Å². The van der Waals surface area contributed by atoms with Crippen molar-refractivity contribution in [2.75, 3.05) is 18.8 Å². The summed E-state index contributed by atoms with van der Waals surface area (Å²) in [6.07, 6.45) is 0. The minimum absolute atomic E-state index is 0.150. The number of hydrogen-bond donors (Lipinski definition) is 0. The highest BCUT2D eigenvalue weighted by Gasteiger charge is 2.24. The van der Waals surface area contributed by atoms with Crippen LogP contribution in [0.5, 0.6) is 17.2 Å². The van der Waals surface area contributed by atoms with Crippen molar-refractivity contribution in [2.24, 2.45) is 0 Å². The molecule has 0 fully saturated rings. The van der Waals surface area contributed by atoms with Crippen LogP contribution in [-0.4, -0.2) is 24.8 Å². The average Bonchev–Trinajstić information content (AvgIpc) is 3.43. The molecule has 1 amide bonds. The number of anilines is 1. The lowest BCUT2D eigenvalue weighted by Gasteiger charge is -2.20.